The van der Waals surface area contributed by atoms with Gasteiger partial charge in [-0.05, 0) is 51.4 Å². The molecule has 0 aromatic heterocycles. The molecule has 0 radical (unpaired) electrons. The second-order valence-electron chi connectivity index (χ2n) is 35.7. The summed E-state index contributed by atoms with van der Waals surface area (Å²) >= 11 is 0. The molecule has 2 amide bonds. The van der Waals surface area contributed by atoms with Gasteiger partial charge in [-0.25, -0.2) is 4.57 Å². The van der Waals surface area contributed by atoms with Crippen molar-refractivity contribution in [2.75, 3.05) is 13.2 Å². The Morgan fingerprint density at radius 3 is 0.950 bits per heavy atom. The summed E-state index contributed by atoms with van der Waals surface area (Å²) in [6, 6.07) is -3.56. The lowest BCUT2D eigenvalue weighted by Gasteiger charge is -2.46. The second-order valence-corrected chi connectivity index (χ2v) is 36.9. The van der Waals surface area contributed by atoms with Crippen LogP contribution >= 0.6 is 7.82 Å². The van der Waals surface area contributed by atoms with Crippen molar-refractivity contribution in [3.05, 3.63) is 0 Å². The van der Waals surface area contributed by atoms with E-state index in [0.717, 1.165) is 205 Å². The fourth-order valence-corrected chi connectivity index (χ4v) is 17.1. The predicted octanol–water partition coefficient (Wildman–Crippen LogP) is 21.3. The number of aliphatic hydroxyl groups is 5. The van der Waals surface area contributed by atoms with Gasteiger partial charge in [0.1, 0.15) is 48.7 Å². The topological polar surface area (TPSA) is 359 Å². The van der Waals surface area contributed by atoms with Crippen LogP contribution in [0.5, 0.6) is 0 Å². The molecule has 2 rings (SSSR count). The van der Waals surface area contributed by atoms with Crippen molar-refractivity contribution in [2.45, 2.75) is 564 Å². The zero-order valence-electron chi connectivity index (χ0n) is 77.3. The zero-order valence-corrected chi connectivity index (χ0v) is 78.2. The minimum atomic E-state index is -5.64. The Labute approximate surface area is 733 Å². The first-order chi connectivity index (χ1) is 58.6. The van der Waals surface area contributed by atoms with E-state index in [0.29, 0.717) is 51.4 Å². The standard InChI is InChI=1S/C96H181N2O22P/c1-7-13-19-25-31-37-38-39-40-46-52-58-63-69-85(104)114-79(67-61-55-49-43-34-28-22-16-10-4)73-84(103)98-90-94(118-87(106)72-78(101)66-60-54-48-42-33-27-21-15-9-3)92(109)82(117-96(90)120-121(110,111)112)76-113-95-89(97-83(102)71-77(100)65-59-53-47-41-32-26-20-14-8-2)93(91(108)81(75-99)116-95)119-88(107)74-80(68-62-56-50-44-35-29-23-17-11-5)115-86(105)70-64-57-51-45-36-30-24-18-12-6/h77-82,89-96,99-101,108-109H,7-76H2,1-6H3,(H,97,102)(H,98,103)(H2,110,111,112)/t77?,78?,79?,80?,81?,82?,89?,90?,91?,92-,93-,94-,95-,96?/m1/s1. The Bertz CT molecular complexity index is 2550. The number of phosphoric ester groups is 1. The van der Waals surface area contributed by atoms with E-state index in [2.05, 4.69) is 52.2 Å². The summed E-state index contributed by atoms with van der Waals surface area (Å²) in [5.41, 5.74) is 0. The highest BCUT2D eigenvalue weighted by Gasteiger charge is 2.53. The molecule has 10 unspecified atom stereocenters. The average Bonchev–Trinajstić information content (AvgIpc) is 0.782. The molecule has 0 bridgehead atoms. The van der Waals surface area contributed by atoms with Crippen LogP contribution in [-0.2, 0) is 71.0 Å². The lowest BCUT2D eigenvalue weighted by Crippen LogP contribution is -2.67. The van der Waals surface area contributed by atoms with Crippen LogP contribution in [0.25, 0.3) is 0 Å². The van der Waals surface area contributed by atoms with Gasteiger partial charge in [-0.3, -0.25) is 33.3 Å². The minimum absolute atomic E-state index is 0.133. The first-order valence-electron chi connectivity index (χ1n) is 50.0. The van der Waals surface area contributed by atoms with E-state index in [1.54, 1.807) is 0 Å². The molecule has 0 aromatic carbocycles. The third-order valence-electron chi connectivity index (χ3n) is 24.1. The molecule has 2 aliphatic rings. The van der Waals surface area contributed by atoms with Crippen molar-refractivity contribution in [2.24, 2.45) is 0 Å². The van der Waals surface area contributed by atoms with Crippen LogP contribution in [0.4, 0.5) is 0 Å². The summed E-state index contributed by atoms with van der Waals surface area (Å²) in [6.07, 6.45) is 41.1. The number of unbranched alkanes of at least 4 members (excludes halogenated alkanes) is 52. The third kappa shape index (κ3) is 60.9. The summed E-state index contributed by atoms with van der Waals surface area (Å²) in [5, 5.41) is 63.7. The van der Waals surface area contributed by atoms with Crippen LogP contribution < -0.4 is 10.6 Å². The largest absolute Gasteiger partial charge is 0.472 e. The van der Waals surface area contributed by atoms with Crippen LogP contribution in [0.15, 0.2) is 0 Å². The molecule has 24 nitrogen and oxygen atoms in total. The van der Waals surface area contributed by atoms with Crippen molar-refractivity contribution in [1.29, 1.82) is 0 Å². The molecule has 2 aliphatic heterocycles. The Balaban J connectivity index is 2.66. The van der Waals surface area contributed by atoms with Crippen molar-refractivity contribution < 1.29 is 106 Å². The summed E-state index contributed by atoms with van der Waals surface area (Å²) in [4.78, 5) is 107. The van der Waals surface area contributed by atoms with E-state index in [1.165, 1.54) is 128 Å². The lowest BCUT2D eigenvalue weighted by atomic mass is 9.95. The maximum Gasteiger partial charge on any atom is 0.472 e. The zero-order chi connectivity index (χ0) is 88.6. The van der Waals surface area contributed by atoms with Crippen LogP contribution in [0.1, 0.15) is 478 Å². The van der Waals surface area contributed by atoms with Crippen molar-refractivity contribution in [1.82, 2.24) is 10.6 Å². The van der Waals surface area contributed by atoms with Crippen molar-refractivity contribution in [3.8, 4) is 0 Å². The van der Waals surface area contributed by atoms with E-state index in [1.807, 2.05) is 0 Å². The Morgan fingerprint density at radius 2 is 0.612 bits per heavy atom. The molecule has 0 spiro atoms. The second kappa shape index (κ2) is 76.6. The molecule has 2 heterocycles. The van der Waals surface area contributed by atoms with E-state index >= 15 is 0 Å². The van der Waals surface area contributed by atoms with Crippen LogP contribution in [0, 0.1) is 0 Å². The number of aliphatic hydroxyl groups excluding tert-OH is 5. The highest BCUT2D eigenvalue weighted by atomic mass is 31.2. The van der Waals surface area contributed by atoms with E-state index in [9.17, 15) is 68.7 Å². The monoisotopic (exact) mass is 1750 g/mol. The SMILES string of the molecule is CCCCCCCCCCCCCCCC(=O)OC(CCCCCCCCCCC)CC(=O)NC1C(OP(=O)(O)O)OC(CO[C@@H]2OC(CO)C(O)[C@H](OC(=O)CC(CCCCCCCCCCC)OC(=O)CCCCCCCCCCC)C2NC(=O)CC(O)CCCCCCCCCCC)[C@@H](O)[C@@H]1OC(=O)CC(O)CCCCCCCCCCC. The quantitative estimate of drug-likeness (QED) is 0.0118. The summed E-state index contributed by atoms with van der Waals surface area (Å²) in [7, 11) is -5.64. The number of hydrogen-bond acceptors (Lipinski definition) is 20. The number of amides is 2. The highest BCUT2D eigenvalue weighted by Crippen LogP contribution is 2.42. The number of nitrogens with one attached hydrogen (secondary N) is 2. The summed E-state index contributed by atoms with van der Waals surface area (Å²) in [5.74, 6) is -4.53. The van der Waals surface area contributed by atoms with Gasteiger partial charge in [-0.1, -0.05) is 388 Å². The molecule has 9 N–H and O–H groups in total. The Morgan fingerprint density at radius 1 is 0.339 bits per heavy atom. The van der Waals surface area contributed by atoms with Gasteiger partial charge >= 0.3 is 31.7 Å². The van der Waals surface area contributed by atoms with Crippen molar-refractivity contribution >= 4 is 43.5 Å². The van der Waals surface area contributed by atoms with E-state index < -0.39 is 168 Å². The molecule has 2 fully saturated rings. The van der Waals surface area contributed by atoms with Gasteiger partial charge in [0.2, 0.25) is 11.8 Å². The number of rotatable bonds is 84. The smallest absolute Gasteiger partial charge is 0.462 e. The Kier molecular flexibility index (Phi) is 72.0. The van der Waals surface area contributed by atoms with E-state index in [-0.39, 0.29) is 25.7 Å². The van der Waals surface area contributed by atoms with Gasteiger partial charge in [0, 0.05) is 12.8 Å². The summed E-state index contributed by atoms with van der Waals surface area (Å²) < 4.78 is 61.5. The molecule has 121 heavy (non-hydrogen) atoms. The van der Waals surface area contributed by atoms with Crippen molar-refractivity contribution in [3.63, 3.8) is 0 Å². The Hall–Kier alpha value is -3.39. The molecule has 0 saturated carbocycles. The maximum atomic E-state index is 14.7. The van der Waals surface area contributed by atoms with Crippen LogP contribution in [-0.4, -0.2) is 170 Å². The van der Waals surface area contributed by atoms with Gasteiger partial charge < -0.3 is 79.1 Å². The van der Waals surface area contributed by atoms with Gasteiger partial charge in [0.15, 0.2) is 24.8 Å². The molecule has 25 heteroatoms. The van der Waals surface area contributed by atoms with Gasteiger partial charge in [0.25, 0.3) is 0 Å². The average molecular weight is 1750 g/mol. The number of ether oxygens (including phenoxy) is 7. The minimum Gasteiger partial charge on any atom is -0.462 e. The van der Waals surface area contributed by atoms with Gasteiger partial charge in [0.05, 0.1) is 51.1 Å². The highest BCUT2D eigenvalue weighted by molar-refractivity contribution is 7.46. The fourth-order valence-electron chi connectivity index (χ4n) is 16.7. The first kappa shape index (κ1) is 114. The van der Waals surface area contributed by atoms with Gasteiger partial charge in [-0.15, -0.1) is 0 Å². The molecule has 0 aromatic rings. The molecule has 2 saturated heterocycles. The first-order valence-corrected chi connectivity index (χ1v) is 51.5. The fraction of sp³-hybridized carbons (Fsp3) is 0.938. The third-order valence-corrected chi connectivity index (χ3v) is 24.6. The number of carbonyl (C=O) groups is 6. The van der Waals surface area contributed by atoms with E-state index in [4.69, 9.17) is 37.7 Å². The molecule has 0 aliphatic carbocycles. The summed E-state index contributed by atoms with van der Waals surface area (Å²) in [6.45, 7) is 11.3. The molecular weight excluding hydrogens is 1560 g/mol. The molecule has 14 atom stereocenters. The normalized spacial score (nSPS) is 20.4. The molecular formula is C96H181N2O22P. The maximum absolute atomic E-state index is 14.7. The number of phosphoric acid groups is 1. The number of esters is 4. The number of carbonyl (C=O) groups excluding carboxylic acids is 6. The number of hydrogen-bond donors (Lipinski definition) is 9. The van der Waals surface area contributed by atoms with Gasteiger partial charge in [-0.2, -0.15) is 0 Å². The predicted molar refractivity (Wildman–Crippen MR) is 479 cm³/mol. The van der Waals surface area contributed by atoms with Crippen LogP contribution in [0.3, 0.4) is 0 Å². The molecule has 712 valence electrons. The van der Waals surface area contributed by atoms with Crippen LogP contribution in [0.2, 0.25) is 0 Å². The lowest BCUT2D eigenvalue weighted by molar-refractivity contribution is -0.298.